The fourth-order valence-corrected chi connectivity index (χ4v) is 1.85. The van der Waals surface area contributed by atoms with E-state index in [0.29, 0.717) is 29.2 Å². The normalized spacial score (nSPS) is 10.2. The molecule has 0 aliphatic heterocycles. The second-order valence-electron chi connectivity index (χ2n) is 4.19. The van der Waals surface area contributed by atoms with E-state index < -0.39 is 11.9 Å². The van der Waals surface area contributed by atoms with Gasteiger partial charge in [0.2, 0.25) is 0 Å². The Morgan fingerprint density at radius 1 is 1.26 bits per heavy atom. The molecule has 19 heavy (non-hydrogen) atoms. The number of hydrogen-bond acceptors (Lipinski definition) is 3. The molecule has 104 valence electrons. The number of carbonyl (C=O) groups excluding carboxylic acids is 1. The van der Waals surface area contributed by atoms with E-state index in [1.165, 1.54) is 6.07 Å². The van der Waals surface area contributed by atoms with E-state index in [4.69, 9.17) is 22.4 Å². The highest BCUT2D eigenvalue weighted by molar-refractivity contribution is 6.31. The molecule has 0 unspecified atom stereocenters. The number of nitrogens with one attached hydrogen (secondary N) is 1. The quantitative estimate of drug-likeness (QED) is 0.640. The van der Waals surface area contributed by atoms with Crippen LogP contribution >= 0.6 is 11.6 Å². The monoisotopic (exact) mass is 284 g/mol. The van der Waals surface area contributed by atoms with Crippen LogP contribution in [0.1, 0.15) is 36.0 Å². The Balaban J connectivity index is 2.41. The Kier molecular flexibility index (Phi) is 6.15. The largest absolute Gasteiger partial charge is 0.481 e. The van der Waals surface area contributed by atoms with Gasteiger partial charge in [-0.15, -0.1) is 0 Å². The molecule has 4 N–H and O–H groups in total. The molecule has 0 atom stereocenters. The molecule has 0 bridgehead atoms. The van der Waals surface area contributed by atoms with Crippen molar-refractivity contribution in [3.8, 4) is 0 Å². The highest BCUT2D eigenvalue weighted by Gasteiger charge is 2.08. The van der Waals surface area contributed by atoms with E-state index >= 15 is 0 Å². The average Bonchev–Trinajstić information content (AvgIpc) is 2.34. The molecule has 1 rings (SSSR count). The van der Waals surface area contributed by atoms with Crippen LogP contribution in [0.2, 0.25) is 5.02 Å². The number of hydrogen-bond donors (Lipinski definition) is 3. The predicted molar refractivity (Wildman–Crippen MR) is 74.6 cm³/mol. The zero-order valence-electron chi connectivity index (χ0n) is 10.5. The van der Waals surface area contributed by atoms with Crippen molar-refractivity contribution in [2.75, 3.05) is 11.9 Å². The molecule has 0 heterocycles. The summed E-state index contributed by atoms with van der Waals surface area (Å²) in [6.07, 6.45) is 2.49. The molecule has 1 amide bonds. The summed E-state index contributed by atoms with van der Waals surface area (Å²) < 4.78 is 0. The first-order valence-electron chi connectivity index (χ1n) is 6.05. The fourth-order valence-electron chi connectivity index (χ4n) is 1.68. The molecule has 0 aliphatic rings. The Morgan fingerprint density at radius 3 is 2.63 bits per heavy atom. The number of anilines is 1. The molecule has 0 spiro atoms. The summed E-state index contributed by atoms with van der Waals surface area (Å²) in [6.45, 7) is 0.654. The number of rotatable bonds is 8. The minimum atomic E-state index is -0.776. The van der Waals surface area contributed by atoms with Gasteiger partial charge in [0.25, 0.3) is 5.91 Å². The number of benzene rings is 1. The molecule has 0 saturated heterocycles. The Morgan fingerprint density at radius 2 is 2.00 bits per heavy atom. The average molecular weight is 285 g/mol. The number of carboxylic acids is 1. The summed E-state index contributed by atoms with van der Waals surface area (Å²) in [5.74, 6) is -1.31. The van der Waals surface area contributed by atoms with Crippen LogP contribution in [0, 0.1) is 0 Å². The van der Waals surface area contributed by atoms with Crippen molar-refractivity contribution >= 4 is 29.2 Å². The molecule has 6 heteroatoms. The second kappa shape index (κ2) is 7.63. The van der Waals surface area contributed by atoms with Crippen LogP contribution in [0.4, 0.5) is 5.69 Å². The van der Waals surface area contributed by atoms with Crippen molar-refractivity contribution in [2.45, 2.75) is 25.7 Å². The highest BCUT2D eigenvalue weighted by atomic mass is 35.5. The molecule has 0 fully saturated rings. The van der Waals surface area contributed by atoms with Crippen molar-refractivity contribution in [3.05, 3.63) is 28.8 Å². The lowest BCUT2D eigenvalue weighted by molar-refractivity contribution is -0.137. The Labute approximate surface area is 116 Å². The van der Waals surface area contributed by atoms with Gasteiger partial charge in [-0.1, -0.05) is 18.0 Å². The highest BCUT2D eigenvalue weighted by Crippen LogP contribution is 2.20. The summed E-state index contributed by atoms with van der Waals surface area (Å²) in [4.78, 5) is 21.6. The number of aliphatic carboxylic acids is 1. The van der Waals surface area contributed by atoms with Crippen molar-refractivity contribution in [2.24, 2.45) is 5.73 Å². The maximum absolute atomic E-state index is 11.2. The molecule has 0 aromatic heterocycles. The Hall–Kier alpha value is -1.75. The van der Waals surface area contributed by atoms with E-state index in [1.54, 1.807) is 12.1 Å². The lowest BCUT2D eigenvalue weighted by Gasteiger charge is -2.10. The van der Waals surface area contributed by atoms with Crippen molar-refractivity contribution < 1.29 is 14.7 Å². The maximum atomic E-state index is 11.2. The number of carboxylic acid groups (broad SMARTS) is 1. The van der Waals surface area contributed by atoms with Crippen LogP contribution in [0.15, 0.2) is 18.2 Å². The van der Waals surface area contributed by atoms with Gasteiger partial charge in [0.1, 0.15) is 0 Å². The van der Waals surface area contributed by atoms with Crippen LogP contribution in [-0.4, -0.2) is 23.5 Å². The lowest BCUT2D eigenvalue weighted by atomic mass is 10.1. The third-order valence-electron chi connectivity index (χ3n) is 2.63. The molecular weight excluding hydrogens is 268 g/mol. The zero-order valence-corrected chi connectivity index (χ0v) is 11.2. The standard InChI is InChI=1S/C13H17ClN2O3/c14-9-5-6-11(10(8-9)13(15)19)16-7-3-1-2-4-12(17)18/h5-6,8,16H,1-4,7H2,(H2,15,19)(H,17,18). The molecule has 0 aliphatic carbocycles. The molecule has 5 nitrogen and oxygen atoms in total. The number of amides is 1. The number of primary amides is 1. The van der Waals surface area contributed by atoms with Crippen LogP contribution in [0.5, 0.6) is 0 Å². The second-order valence-corrected chi connectivity index (χ2v) is 4.62. The number of unbranched alkanes of at least 4 members (excludes halogenated alkanes) is 2. The number of carbonyl (C=O) groups is 2. The smallest absolute Gasteiger partial charge is 0.303 e. The minimum Gasteiger partial charge on any atom is -0.481 e. The molecular formula is C13H17ClN2O3. The van der Waals surface area contributed by atoms with Gasteiger partial charge in [-0.3, -0.25) is 9.59 Å². The van der Waals surface area contributed by atoms with Gasteiger partial charge in [0.15, 0.2) is 0 Å². The van der Waals surface area contributed by atoms with Crippen LogP contribution < -0.4 is 11.1 Å². The van der Waals surface area contributed by atoms with Crippen molar-refractivity contribution in [1.29, 1.82) is 0 Å². The van der Waals surface area contributed by atoms with Crippen LogP contribution in [-0.2, 0) is 4.79 Å². The van der Waals surface area contributed by atoms with Gasteiger partial charge in [0, 0.05) is 23.7 Å². The SMILES string of the molecule is NC(=O)c1cc(Cl)ccc1NCCCCCC(=O)O. The summed E-state index contributed by atoms with van der Waals surface area (Å²) in [7, 11) is 0. The van der Waals surface area contributed by atoms with Crippen molar-refractivity contribution in [3.63, 3.8) is 0 Å². The molecule has 1 aromatic rings. The Bertz CT molecular complexity index is 463. The summed E-state index contributed by atoms with van der Waals surface area (Å²) >= 11 is 5.80. The third-order valence-corrected chi connectivity index (χ3v) is 2.87. The first-order valence-corrected chi connectivity index (χ1v) is 6.43. The van der Waals surface area contributed by atoms with E-state index in [2.05, 4.69) is 5.32 Å². The minimum absolute atomic E-state index is 0.188. The van der Waals surface area contributed by atoms with Crippen LogP contribution in [0.3, 0.4) is 0 Å². The van der Waals surface area contributed by atoms with E-state index in [0.717, 1.165) is 12.8 Å². The summed E-state index contributed by atoms with van der Waals surface area (Å²) in [5, 5.41) is 12.1. The number of nitrogens with two attached hydrogens (primary N) is 1. The number of halogens is 1. The van der Waals surface area contributed by atoms with Gasteiger partial charge in [-0.25, -0.2) is 0 Å². The first kappa shape index (κ1) is 15.3. The van der Waals surface area contributed by atoms with Gasteiger partial charge in [-0.2, -0.15) is 0 Å². The fraction of sp³-hybridized carbons (Fsp3) is 0.385. The van der Waals surface area contributed by atoms with E-state index in [9.17, 15) is 9.59 Å². The third kappa shape index (κ3) is 5.61. The van der Waals surface area contributed by atoms with Gasteiger partial charge in [0.05, 0.1) is 5.56 Å². The van der Waals surface area contributed by atoms with E-state index in [1.807, 2.05) is 0 Å². The zero-order chi connectivity index (χ0) is 14.3. The van der Waals surface area contributed by atoms with Gasteiger partial charge in [-0.05, 0) is 31.0 Å². The van der Waals surface area contributed by atoms with Crippen molar-refractivity contribution in [1.82, 2.24) is 0 Å². The summed E-state index contributed by atoms with van der Waals surface area (Å²) in [5.41, 5.74) is 6.27. The van der Waals surface area contributed by atoms with Gasteiger partial charge < -0.3 is 16.2 Å². The first-order chi connectivity index (χ1) is 9.00. The predicted octanol–water partition coefficient (Wildman–Crippen LogP) is 2.50. The van der Waals surface area contributed by atoms with Crippen LogP contribution in [0.25, 0.3) is 0 Å². The summed E-state index contributed by atoms with van der Waals surface area (Å²) in [6, 6.07) is 4.91. The molecule has 0 saturated carbocycles. The molecule has 0 radical (unpaired) electrons. The van der Waals surface area contributed by atoms with E-state index in [-0.39, 0.29) is 6.42 Å². The topological polar surface area (TPSA) is 92.4 Å². The van der Waals surface area contributed by atoms with Gasteiger partial charge >= 0.3 is 5.97 Å². The lowest BCUT2D eigenvalue weighted by Crippen LogP contribution is -2.15. The maximum Gasteiger partial charge on any atom is 0.303 e. The molecule has 1 aromatic carbocycles.